The normalized spacial score (nSPS) is 10.5. The number of halogens is 2. The van der Waals surface area contributed by atoms with E-state index in [4.69, 9.17) is 27.9 Å². The maximum Gasteiger partial charge on any atom is 0.252 e. The summed E-state index contributed by atoms with van der Waals surface area (Å²) >= 11 is 13.1. The van der Waals surface area contributed by atoms with Crippen molar-refractivity contribution >= 4 is 46.6 Å². The van der Waals surface area contributed by atoms with Gasteiger partial charge >= 0.3 is 0 Å². The van der Waals surface area contributed by atoms with Crippen molar-refractivity contribution < 1.29 is 9.53 Å². The lowest BCUT2D eigenvalue weighted by Gasteiger charge is -2.08. The molecule has 28 heavy (non-hydrogen) atoms. The third kappa shape index (κ3) is 5.28. The number of anilines is 1. The van der Waals surface area contributed by atoms with E-state index in [9.17, 15) is 9.59 Å². The molecule has 0 saturated heterocycles. The maximum atomic E-state index is 12.2. The van der Waals surface area contributed by atoms with E-state index >= 15 is 0 Å². The molecule has 2 N–H and O–H groups in total. The van der Waals surface area contributed by atoms with E-state index in [2.05, 4.69) is 15.3 Å². The van der Waals surface area contributed by atoms with Gasteiger partial charge in [0.05, 0.1) is 29.3 Å². The van der Waals surface area contributed by atoms with E-state index in [1.165, 1.54) is 6.07 Å². The van der Waals surface area contributed by atoms with Crippen molar-refractivity contribution in [3.63, 3.8) is 0 Å². The summed E-state index contributed by atoms with van der Waals surface area (Å²) in [4.78, 5) is 31.2. The average molecular weight is 436 g/mol. The largest absolute Gasteiger partial charge is 0.497 e. The molecule has 6 nitrogen and oxygen atoms in total. The fourth-order valence-electron chi connectivity index (χ4n) is 2.33. The zero-order valence-corrected chi connectivity index (χ0v) is 17.0. The SMILES string of the molecule is COc1ccc(-c2cc(=O)[nH]c(SCC(=O)Nc3cc(Cl)ccc3Cl)n2)cc1. The molecule has 9 heteroatoms. The van der Waals surface area contributed by atoms with Crippen LogP contribution in [-0.4, -0.2) is 28.7 Å². The lowest BCUT2D eigenvalue weighted by atomic mass is 10.1. The number of aromatic amines is 1. The number of nitrogens with one attached hydrogen (secondary N) is 2. The predicted octanol–water partition coefficient (Wildman–Crippen LogP) is 4.48. The molecule has 1 amide bonds. The van der Waals surface area contributed by atoms with Crippen molar-refractivity contribution in [1.29, 1.82) is 0 Å². The van der Waals surface area contributed by atoms with Gasteiger partial charge in [0.2, 0.25) is 5.91 Å². The Morgan fingerprint density at radius 3 is 2.64 bits per heavy atom. The number of aromatic nitrogens is 2. The number of H-pyrrole nitrogens is 1. The summed E-state index contributed by atoms with van der Waals surface area (Å²) in [6.07, 6.45) is 0. The zero-order chi connectivity index (χ0) is 20.1. The van der Waals surface area contributed by atoms with Gasteiger partial charge in [0.1, 0.15) is 5.75 Å². The number of hydrogen-bond donors (Lipinski definition) is 2. The monoisotopic (exact) mass is 435 g/mol. The average Bonchev–Trinajstić information content (AvgIpc) is 2.69. The highest BCUT2D eigenvalue weighted by Crippen LogP contribution is 2.26. The second kappa shape index (κ2) is 9.14. The van der Waals surface area contributed by atoms with Gasteiger partial charge in [0, 0.05) is 16.7 Å². The number of hydrogen-bond acceptors (Lipinski definition) is 5. The molecule has 0 fully saturated rings. The number of nitrogens with zero attached hydrogens (tertiary/aromatic N) is 1. The van der Waals surface area contributed by atoms with Crippen molar-refractivity contribution in [1.82, 2.24) is 9.97 Å². The topological polar surface area (TPSA) is 84.1 Å². The lowest BCUT2D eigenvalue weighted by molar-refractivity contribution is -0.113. The van der Waals surface area contributed by atoms with Crippen LogP contribution in [0.1, 0.15) is 0 Å². The molecule has 0 aliphatic carbocycles. The van der Waals surface area contributed by atoms with Crippen molar-refractivity contribution in [3.05, 3.63) is 68.9 Å². The Hall–Kier alpha value is -2.48. The standard InChI is InChI=1S/C19H15Cl2N3O3S/c1-27-13-5-2-11(3-6-13)15-9-17(25)24-19(23-15)28-10-18(26)22-16-8-12(20)4-7-14(16)21/h2-9H,10H2,1H3,(H,22,26)(H,23,24,25). The molecule has 3 aromatic rings. The fraction of sp³-hybridized carbons (Fsp3) is 0.105. The van der Waals surface area contributed by atoms with Crippen LogP contribution in [0.4, 0.5) is 5.69 Å². The summed E-state index contributed by atoms with van der Waals surface area (Å²) in [6, 6.07) is 13.4. The highest BCUT2D eigenvalue weighted by molar-refractivity contribution is 7.99. The number of amides is 1. The molecule has 0 radical (unpaired) electrons. The number of carbonyl (C=O) groups excluding carboxylic acids is 1. The van der Waals surface area contributed by atoms with Crippen LogP contribution in [0.15, 0.2) is 58.5 Å². The smallest absolute Gasteiger partial charge is 0.252 e. The summed E-state index contributed by atoms with van der Waals surface area (Å²) < 4.78 is 5.13. The molecule has 0 atom stereocenters. The lowest BCUT2D eigenvalue weighted by Crippen LogP contribution is -2.15. The van der Waals surface area contributed by atoms with E-state index in [1.807, 2.05) is 12.1 Å². The van der Waals surface area contributed by atoms with Crippen molar-refractivity contribution in [2.24, 2.45) is 0 Å². The minimum Gasteiger partial charge on any atom is -0.497 e. The molecule has 2 aromatic carbocycles. The van der Waals surface area contributed by atoms with E-state index < -0.39 is 0 Å². The molecule has 0 spiro atoms. The summed E-state index contributed by atoms with van der Waals surface area (Å²) in [6.45, 7) is 0. The van der Waals surface area contributed by atoms with Crippen LogP contribution in [0.25, 0.3) is 11.3 Å². The molecule has 0 aliphatic rings. The first-order chi connectivity index (χ1) is 13.4. The Labute approximate surface area is 175 Å². The number of rotatable bonds is 6. The van der Waals surface area contributed by atoms with Crippen molar-refractivity contribution in [2.45, 2.75) is 5.16 Å². The van der Waals surface area contributed by atoms with E-state index in [-0.39, 0.29) is 17.2 Å². The van der Waals surface area contributed by atoms with Crippen LogP contribution in [0.3, 0.4) is 0 Å². The van der Waals surface area contributed by atoms with Crippen molar-refractivity contribution in [3.8, 4) is 17.0 Å². The van der Waals surface area contributed by atoms with Crippen LogP contribution in [-0.2, 0) is 4.79 Å². The zero-order valence-electron chi connectivity index (χ0n) is 14.7. The minimum atomic E-state index is -0.304. The van der Waals surface area contributed by atoms with Gasteiger partial charge in [-0.3, -0.25) is 9.59 Å². The fourth-order valence-corrected chi connectivity index (χ4v) is 3.34. The first kappa shape index (κ1) is 20.3. The van der Waals surface area contributed by atoms with Gasteiger partial charge in [0.25, 0.3) is 5.56 Å². The molecule has 0 aliphatic heterocycles. The van der Waals surface area contributed by atoms with E-state index in [1.54, 1.807) is 37.4 Å². The quantitative estimate of drug-likeness (QED) is 0.440. The first-order valence-electron chi connectivity index (χ1n) is 8.08. The van der Waals surface area contributed by atoms with Gasteiger partial charge in [0.15, 0.2) is 5.16 Å². The number of carbonyl (C=O) groups is 1. The van der Waals surface area contributed by atoms with Crippen LogP contribution in [0.2, 0.25) is 10.0 Å². The van der Waals surface area contributed by atoms with Gasteiger partial charge in [-0.1, -0.05) is 35.0 Å². The Balaban J connectivity index is 1.70. The predicted molar refractivity (Wildman–Crippen MR) is 113 cm³/mol. The highest BCUT2D eigenvalue weighted by Gasteiger charge is 2.10. The van der Waals surface area contributed by atoms with Gasteiger partial charge in [-0.15, -0.1) is 0 Å². The Morgan fingerprint density at radius 1 is 1.18 bits per heavy atom. The van der Waals surface area contributed by atoms with Gasteiger partial charge in [-0.2, -0.15) is 0 Å². The van der Waals surface area contributed by atoms with Gasteiger partial charge in [-0.05, 0) is 42.5 Å². The molecule has 0 saturated carbocycles. The minimum absolute atomic E-state index is 0.0395. The van der Waals surface area contributed by atoms with Crippen LogP contribution < -0.4 is 15.6 Å². The Morgan fingerprint density at radius 2 is 1.93 bits per heavy atom. The maximum absolute atomic E-state index is 12.2. The van der Waals surface area contributed by atoms with Gasteiger partial charge < -0.3 is 15.0 Å². The second-order valence-electron chi connectivity index (χ2n) is 5.63. The Bertz CT molecular complexity index is 1060. The van der Waals surface area contributed by atoms with E-state index in [0.29, 0.717) is 32.3 Å². The second-order valence-corrected chi connectivity index (χ2v) is 7.43. The third-order valence-electron chi connectivity index (χ3n) is 3.65. The van der Waals surface area contributed by atoms with Gasteiger partial charge in [-0.25, -0.2) is 4.98 Å². The highest BCUT2D eigenvalue weighted by atomic mass is 35.5. The summed E-state index contributed by atoms with van der Waals surface area (Å²) in [7, 11) is 1.58. The van der Waals surface area contributed by atoms with Crippen LogP contribution in [0.5, 0.6) is 5.75 Å². The molecule has 0 unspecified atom stereocenters. The van der Waals surface area contributed by atoms with Crippen LogP contribution in [0, 0.1) is 0 Å². The summed E-state index contributed by atoms with van der Waals surface area (Å²) in [5, 5.41) is 3.87. The molecule has 3 rings (SSSR count). The number of benzene rings is 2. The Kier molecular flexibility index (Phi) is 6.61. The number of thioether (sulfide) groups is 1. The molecule has 1 aromatic heterocycles. The number of methoxy groups -OCH3 is 1. The van der Waals surface area contributed by atoms with E-state index in [0.717, 1.165) is 17.3 Å². The first-order valence-corrected chi connectivity index (χ1v) is 9.82. The molecule has 1 heterocycles. The molecular weight excluding hydrogens is 421 g/mol. The van der Waals surface area contributed by atoms with Crippen LogP contribution >= 0.6 is 35.0 Å². The molecule has 0 bridgehead atoms. The third-order valence-corrected chi connectivity index (χ3v) is 5.09. The summed E-state index contributed by atoms with van der Waals surface area (Å²) in [5.41, 5.74) is 1.39. The molecule has 144 valence electrons. The summed E-state index contributed by atoms with van der Waals surface area (Å²) in [5.74, 6) is 0.448. The number of ether oxygens (including phenoxy) is 1. The van der Waals surface area contributed by atoms with Crippen molar-refractivity contribution in [2.75, 3.05) is 18.2 Å². The molecular formula is C19H15Cl2N3O3S.